The topological polar surface area (TPSA) is 93.0 Å². The molecule has 0 bridgehead atoms. The lowest BCUT2D eigenvalue weighted by Crippen LogP contribution is -2.45. The predicted molar refractivity (Wildman–Crippen MR) is 104 cm³/mol. The molecule has 4 rings (SSSR count). The smallest absolute Gasteiger partial charge is 0.244 e. The van der Waals surface area contributed by atoms with Crippen molar-refractivity contribution in [1.82, 2.24) is 20.2 Å². The average molecular weight is 400 g/mol. The fraction of sp³-hybridized carbons (Fsp3) is 0.235. The molecule has 0 unspecified atom stereocenters. The number of benzene rings is 1. The Bertz CT molecular complexity index is 971. The number of nitrogens with zero attached hydrogens (tertiary/aromatic N) is 5. The van der Waals surface area contributed by atoms with Crippen molar-refractivity contribution in [2.45, 2.75) is 23.9 Å². The number of thiophene rings is 1. The van der Waals surface area contributed by atoms with Crippen molar-refractivity contribution in [2.24, 2.45) is 0 Å². The van der Waals surface area contributed by atoms with Crippen molar-refractivity contribution in [3.8, 4) is 0 Å². The van der Waals surface area contributed by atoms with E-state index >= 15 is 0 Å². The number of carbonyl (C=O) groups excluding carboxylic acids is 2. The van der Waals surface area contributed by atoms with Crippen molar-refractivity contribution in [1.29, 1.82) is 0 Å². The van der Waals surface area contributed by atoms with E-state index in [0.717, 1.165) is 4.88 Å². The predicted octanol–water partition coefficient (Wildman–Crippen LogP) is 2.25. The van der Waals surface area contributed by atoms with Gasteiger partial charge in [0, 0.05) is 4.88 Å². The number of hydrogen-bond donors (Lipinski definition) is 1. The molecule has 8 nitrogen and oxygen atoms in total. The maximum Gasteiger partial charge on any atom is 0.244 e. The van der Waals surface area contributed by atoms with Gasteiger partial charge in [0.15, 0.2) is 0 Å². The number of anilines is 2. The molecular formula is C17H16N6O2S2. The molecule has 27 heavy (non-hydrogen) atoms. The fourth-order valence-corrected chi connectivity index (χ4v) is 4.32. The lowest BCUT2D eigenvalue weighted by Gasteiger charge is -2.30. The highest BCUT2D eigenvalue weighted by molar-refractivity contribution is 8.00. The Morgan fingerprint density at radius 1 is 1.33 bits per heavy atom. The first kappa shape index (κ1) is 17.7. The Morgan fingerprint density at radius 2 is 2.19 bits per heavy atom. The highest BCUT2D eigenvalue weighted by atomic mass is 32.2. The lowest BCUT2D eigenvalue weighted by molar-refractivity contribution is -0.121. The van der Waals surface area contributed by atoms with Gasteiger partial charge in [0.05, 0.1) is 23.2 Å². The molecule has 0 saturated heterocycles. The van der Waals surface area contributed by atoms with Crippen LogP contribution in [0.3, 0.4) is 0 Å². The molecule has 0 radical (unpaired) electrons. The second kappa shape index (κ2) is 7.49. The van der Waals surface area contributed by atoms with Gasteiger partial charge in [0.2, 0.25) is 17.0 Å². The number of thioether (sulfide) groups is 1. The van der Waals surface area contributed by atoms with Gasteiger partial charge in [-0.15, -0.1) is 16.4 Å². The maximum atomic E-state index is 13.0. The molecule has 138 valence electrons. The lowest BCUT2D eigenvalue weighted by atomic mass is 10.2. The SMILES string of the molecule is C[C@@H](Sc1nnnn1Cc1cccs1)C(=O)N1CC(=O)Nc2ccccc21. The van der Waals surface area contributed by atoms with E-state index < -0.39 is 5.25 Å². The van der Waals surface area contributed by atoms with Gasteiger partial charge in [-0.1, -0.05) is 30.0 Å². The Hall–Kier alpha value is -2.72. The van der Waals surface area contributed by atoms with Gasteiger partial charge >= 0.3 is 0 Å². The van der Waals surface area contributed by atoms with E-state index in [4.69, 9.17) is 0 Å². The molecule has 1 aromatic carbocycles. The third kappa shape index (κ3) is 3.71. The first-order valence-electron chi connectivity index (χ1n) is 8.27. The van der Waals surface area contributed by atoms with Gasteiger partial charge in [0.25, 0.3) is 0 Å². The van der Waals surface area contributed by atoms with Gasteiger partial charge in [-0.2, -0.15) is 0 Å². The molecule has 1 N–H and O–H groups in total. The van der Waals surface area contributed by atoms with Crippen LogP contribution in [0.1, 0.15) is 11.8 Å². The average Bonchev–Trinajstić information content (AvgIpc) is 3.33. The summed E-state index contributed by atoms with van der Waals surface area (Å²) < 4.78 is 1.68. The Labute approximate surface area is 163 Å². The minimum Gasteiger partial charge on any atom is -0.323 e. The highest BCUT2D eigenvalue weighted by Crippen LogP contribution is 2.31. The maximum absolute atomic E-state index is 13.0. The molecule has 0 spiro atoms. The summed E-state index contributed by atoms with van der Waals surface area (Å²) in [4.78, 5) is 27.6. The molecule has 1 aliphatic heterocycles. The van der Waals surface area contributed by atoms with Gasteiger partial charge in [-0.3, -0.25) is 14.5 Å². The van der Waals surface area contributed by atoms with Gasteiger partial charge < -0.3 is 5.32 Å². The third-order valence-corrected chi connectivity index (χ3v) is 5.97. The van der Waals surface area contributed by atoms with E-state index in [0.29, 0.717) is 23.1 Å². The Balaban J connectivity index is 1.51. The number of para-hydroxylation sites is 2. The van der Waals surface area contributed by atoms with Gasteiger partial charge in [0.1, 0.15) is 6.54 Å². The molecule has 2 amide bonds. The van der Waals surface area contributed by atoms with Crippen LogP contribution in [0.4, 0.5) is 11.4 Å². The van der Waals surface area contributed by atoms with Gasteiger partial charge in [-0.05, 0) is 40.9 Å². The summed E-state index contributed by atoms with van der Waals surface area (Å²) in [6, 6.07) is 11.3. The summed E-state index contributed by atoms with van der Waals surface area (Å²) in [5.41, 5.74) is 1.34. The third-order valence-electron chi connectivity index (χ3n) is 4.05. The van der Waals surface area contributed by atoms with Crippen LogP contribution in [0, 0.1) is 0 Å². The molecule has 0 fully saturated rings. The number of tetrazole rings is 1. The summed E-state index contributed by atoms with van der Waals surface area (Å²) in [6.07, 6.45) is 0. The molecule has 3 aromatic rings. The normalized spacial score (nSPS) is 14.6. The number of aromatic nitrogens is 4. The van der Waals surface area contributed by atoms with Crippen LogP contribution in [-0.4, -0.2) is 43.8 Å². The summed E-state index contributed by atoms with van der Waals surface area (Å²) in [7, 11) is 0. The van der Waals surface area contributed by atoms with Gasteiger partial charge in [-0.25, -0.2) is 4.68 Å². The van der Waals surface area contributed by atoms with E-state index in [1.807, 2.05) is 35.7 Å². The number of rotatable bonds is 5. The zero-order chi connectivity index (χ0) is 18.8. The fourth-order valence-electron chi connectivity index (χ4n) is 2.79. The van der Waals surface area contributed by atoms with Crippen LogP contribution in [0.25, 0.3) is 0 Å². The Kier molecular flexibility index (Phi) is 4.90. The zero-order valence-corrected chi connectivity index (χ0v) is 16.0. The highest BCUT2D eigenvalue weighted by Gasteiger charge is 2.30. The van der Waals surface area contributed by atoms with E-state index in [-0.39, 0.29) is 18.4 Å². The minimum absolute atomic E-state index is 0.000875. The number of hydrogen-bond acceptors (Lipinski definition) is 7. The summed E-state index contributed by atoms with van der Waals surface area (Å²) in [5.74, 6) is -0.366. The van der Waals surface area contributed by atoms with E-state index in [2.05, 4.69) is 20.8 Å². The zero-order valence-electron chi connectivity index (χ0n) is 14.4. The van der Waals surface area contributed by atoms with Crippen molar-refractivity contribution >= 4 is 46.3 Å². The summed E-state index contributed by atoms with van der Waals surface area (Å²) in [5, 5.41) is 16.7. The molecular weight excluding hydrogens is 384 g/mol. The van der Waals surface area contributed by atoms with Crippen LogP contribution < -0.4 is 10.2 Å². The molecule has 1 aliphatic rings. The number of nitrogens with one attached hydrogen (secondary N) is 1. The van der Waals surface area contributed by atoms with Crippen LogP contribution in [0.2, 0.25) is 0 Å². The molecule has 10 heteroatoms. The van der Waals surface area contributed by atoms with Crippen LogP contribution >= 0.6 is 23.1 Å². The number of carbonyl (C=O) groups is 2. The first-order valence-corrected chi connectivity index (χ1v) is 10.0. The Morgan fingerprint density at radius 3 is 3.00 bits per heavy atom. The second-order valence-corrected chi connectivity index (χ2v) is 8.29. The second-order valence-electron chi connectivity index (χ2n) is 5.95. The van der Waals surface area contributed by atoms with Crippen molar-refractivity contribution in [3.05, 3.63) is 46.7 Å². The van der Waals surface area contributed by atoms with Crippen LogP contribution in [0.5, 0.6) is 0 Å². The standard InChI is InChI=1S/C17H16N6O2S2/c1-11(27-17-19-20-21-23(17)9-12-5-4-8-26-12)16(25)22-10-15(24)18-13-6-2-3-7-14(13)22/h2-8,11H,9-10H2,1H3,(H,18,24)/t11-/m1/s1. The van der Waals surface area contributed by atoms with Crippen molar-refractivity contribution < 1.29 is 9.59 Å². The largest absolute Gasteiger partial charge is 0.323 e. The first-order chi connectivity index (χ1) is 13.1. The summed E-state index contributed by atoms with van der Waals surface area (Å²) >= 11 is 2.91. The molecule has 3 heterocycles. The number of fused-ring (bicyclic) bond motifs is 1. The summed E-state index contributed by atoms with van der Waals surface area (Å²) in [6.45, 7) is 2.36. The van der Waals surface area contributed by atoms with E-state index in [1.54, 1.807) is 29.0 Å². The monoisotopic (exact) mass is 400 g/mol. The number of amides is 2. The quantitative estimate of drug-likeness (QED) is 0.661. The minimum atomic E-state index is -0.447. The van der Waals surface area contributed by atoms with E-state index in [1.165, 1.54) is 16.7 Å². The molecule has 2 aromatic heterocycles. The van der Waals surface area contributed by atoms with Crippen molar-refractivity contribution in [2.75, 3.05) is 16.8 Å². The molecule has 1 atom stereocenters. The molecule has 0 saturated carbocycles. The van der Waals surface area contributed by atoms with Crippen LogP contribution in [-0.2, 0) is 16.1 Å². The molecule has 0 aliphatic carbocycles. The van der Waals surface area contributed by atoms with Crippen molar-refractivity contribution in [3.63, 3.8) is 0 Å². The van der Waals surface area contributed by atoms with Crippen LogP contribution in [0.15, 0.2) is 46.9 Å². The van der Waals surface area contributed by atoms with E-state index in [9.17, 15) is 9.59 Å².